The number of aryl methyl sites for hydroxylation is 3. The van der Waals surface area contributed by atoms with Gasteiger partial charge in [-0.2, -0.15) is 0 Å². The summed E-state index contributed by atoms with van der Waals surface area (Å²) in [4.78, 5) is 0. The van der Waals surface area contributed by atoms with E-state index in [1.54, 1.807) is 0 Å². The molecule has 3 heteroatoms. The van der Waals surface area contributed by atoms with Crippen LogP contribution in [0, 0.1) is 0 Å². The zero-order chi connectivity index (χ0) is 14.4. The molecule has 0 aliphatic heterocycles. The van der Waals surface area contributed by atoms with E-state index < -0.39 is 0 Å². The Morgan fingerprint density at radius 1 is 0.950 bits per heavy atom. The number of hydrogen-bond acceptors (Lipinski definition) is 1. The van der Waals surface area contributed by atoms with Crippen molar-refractivity contribution in [2.24, 2.45) is 7.05 Å². The zero-order valence-electron chi connectivity index (χ0n) is 12.4. The molecule has 0 saturated heterocycles. The molecular weight excluding hydrogens is 248 g/mol. The lowest BCUT2D eigenvalue weighted by Gasteiger charge is -2.04. The third-order valence-electron chi connectivity index (χ3n) is 3.60. The van der Waals surface area contributed by atoms with E-state index in [9.17, 15) is 5.11 Å². The molecule has 0 spiro atoms. The van der Waals surface area contributed by atoms with Crippen molar-refractivity contribution in [1.29, 1.82) is 0 Å². The van der Waals surface area contributed by atoms with Gasteiger partial charge in [0.05, 0.1) is 0 Å². The van der Waals surface area contributed by atoms with Crippen molar-refractivity contribution in [3.63, 3.8) is 0 Å². The van der Waals surface area contributed by atoms with Gasteiger partial charge in [0.1, 0.15) is 13.2 Å². The maximum Gasteiger partial charge on any atom is 0.174 e. The molecule has 3 nitrogen and oxygen atoms in total. The maximum atomic E-state index is 9.63. The summed E-state index contributed by atoms with van der Waals surface area (Å²) in [5, 5.41) is 9.63. The highest BCUT2D eigenvalue weighted by Crippen LogP contribution is 2.04. The van der Waals surface area contributed by atoms with Crippen LogP contribution in [-0.2, 0) is 26.4 Å². The van der Waals surface area contributed by atoms with Crippen LogP contribution in [0.1, 0.15) is 24.5 Å². The molecule has 2 heterocycles. The Labute approximate surface area is 121 Å². The van der Waals surface area contributed by atoms with Crippen molar-refractivity contribution >= 4 is 0 Å². The number of nitrogens with zero attached hydrogens (tertiary/aromatic N) is 2. The number of rotatable bonds is 6. The van der Waals surface area contributed by atoms with E-state index in [0.29, 0.717) is 6.54 Å². The highest BCUT2D eigenvalue weighted by atomic mass is 16.3. The topological polar surface area (TPSA) is 28.0 Å². The van der Waals surface area contributed by atoms with Crippen molar-refractivity contribution in [3.05, 3.63) is 60.2 Å². The Morgan fingerprint density at radius 3 is 1.95 bits per heavy atom. The largest absolute Gasteiger partial charge is 0.387 e. The molecule has 0 aromatic carbocycles. The molecule has 0 radical (unpaired) electrons. The van der Waals surface area contributed by atoms with Gasteiger partial charge in [-0.25, -0.2) is 9.13 Å². The van der Waals surface area contributed by atoms with E-state index in [1.165, 1.54) is 11.1 Å². The van der Waals surface area contributed by atoms with Crippen LogP contribution in [0.4, 0.5) is 0 Å². The van der Waals surface area contributed by atoms with E-state index in [1.807, 2.05) is 23.1 Å². The van der Waals surface area contributed by atoms with Crippen LogP contribution in [0.25, 0.3) is 0 Å². The van der Waals surface area contributed by atoms with E-state index >= 15 is 0 Å². The van der Waals surface area contributed by atoms with Gasteiger partial charge < -0.3 is 5.11 Å². The van der Waals surface area contributed by atoms with Crippen LogP contribution < -0.4 is 9.13 Å². The van der Waals surface area contributed by atoms with E-state index in [4.69, 9.17) is 0 Å². The van der Waals surface area contributed by atoms with Crippen LogP contribution in [0.5, 0.6) is 0 Å². The first-order chi connectivity index (χ1) is 9.67. The molecule has 1 atom stereocenters. The van der Waals surface area contributed by atoms with Crippen LogP contribution >= 0.6 is 0 Å². The first-order valence-electron chi connectivity index (χ1n) is 7.27. The summed E-state index contributed by atoms with van der Waals surface area (Å²) in [5.74, 6) is 0. The molecule has 1 unspecified atom stereocenters. The standard InChI is InChI=1S/C17H24N2O/c1-3-17(20)14-19-12-8-16(9-13-19)5-4-15-6-10-18(2)11-7-15/h6-13,17,20H,3-5,14H2,1-2H3/q+2. The monoisotopic (exact) mass is 272 g/mol. The van der Waals surface area contributed by atoms with Gasteiger partial charge in [-0.15, -0.1) is 0 Å². The lowest BCUT2D eigenvalue weighted by Crippen LogP contribution is -2.38. The number of hydrogen-bond donors (Lipinski definition) is 1. The molecule has 106 valence electrons. The van der Waals surface area contributed by atoms with Crippen LogP contribution in [-0.4, -0.2) is 11.2 Å². The number of aromatic nitrogens is 2. The minimum absolute atomic E-state index is 0.254. The van der Waals surface area contributed by atoms with Crippen molar-refractivity contribution in [3.8, 4) is 0 Å². The van der Waals surface area contributed by atoms with Crippen LogP contribution in [0.2, 0.25) is 0 Å². The maximum absolute atomic E-state index is 9.63. The summed E-state index contributed by atoms with van der Waals surface area (Å²) >= 11 is 0. The highest BCUT2D eigenvalue weighted by Gasteiger charge is 2.08. The molecule has 2 aromatic rings. The second-order valence-electron chi connectivity index (χ2n) is 5.34. The Kier molecular flexibility index (Phi) is 5.24. The Hall–Kier alpha value is -1.74. The number of aliphatic hydroxyl groups is 1. The van der Waals surface area contributed by atoms with Gasteiger partial charge in [-0.1, -0.05) is 6.92 Å². The van der Waals surface area contributed by atoms with E-state index in [-0.39, 0.29) is 6.10 Å². The lowest BCUT2D eigenvalue weighted by molar-refractivity contribution is -0.703. The van der Waals surface area contributed by atoms with Gasteiger partial charge in [-0.3, -0.25) is 0 Å². The summed E-state index contributed by atoms with van der Waals surface area (Å²) in [6, 6.07) is 8.62. The van der Waals surface area contributed by atoms with Crippen molar-refractivity contribution in [2.75, 3.05) is 0 Å². The third-order valence-corrected chi connectivity index (χ3v) is 3.60. The molecule has 0 aliphatic rings. The molecule has 0 aliphatic carbocycles. The third kappa shape index (κ3) is 4.42. The van der Waals surface area contributed by atoms with Crippen LogP contribution in [0.3, 0.4) is 0 Å². The van der Waals surface area contributed by atoms with Gasteiger partial charge in [-0.05, 0) is 30.4 Å². The normalized spacial score (nSPS) is 12.3. The quantitative estimate of drug-likeness (QED) is 0.790. The average Bonchev–Trinajstić information content (AvgIpc) is 2.48. The van der Waals surface area contributed by atoms with Crippen molar-refractivity contribution in [1.82, 2.24) is 0 Å². The summed E-state index contributed by atoms with van der Waals surface area (Å²) < 4.78 is 4.09. The molecule has 20 heavy (non-hydrogen) atoms. The molecular formula is C17H24N2O+2. The summed E-state index contributed by atoms with van der Waals surface area (Å²) in [5.41, 5.74) is 2.70. The van der Waals surface area contributed by atoms with E-state index in [2.05, 4.69) is 49.1 Å². The Morgan fingerprint density at radius 2 is 1.45 bits per heavy atom. The van der Waals surface area contributed by atoms with Gasteiger partial charge in [0.15, 0.2) is 31.3 Å². The number of aliphatic hydroxyl groups excluding tert-OH is 1. The Bertz CT molecular complexity index is 520. The Balaban J connectivity index is 1.89. The van der Waals surface area contributed by atoms with Gasteiger partial charge in [0, 0.05) is 24.3 Å². The molecule has 0 bridgehead atoms. The fourth-order valence-corrected chi connectivity index (χ4v) is 2.14. The van der Waals surface area contributed by atoms with Crippen LogP contribution in [0.15, 0.2) is 49.1 Å². The minimum atomic E-state index is -0.254. The first-order valence-corrected chi connectivity index (χ1v) is 7.27. The lowest BCUT2D eigenvalue weighted by atomic mass is 10.1. The predicted molar refractivity (Wildman–Crippen MR) is 78.0 cm³/mol. The van der Waals surface area contributed by atoms with Crippen molar-refractivity contribution in [2.45, 2.75) is 38.8 Å². The molecule has 2 aromatic heterocycles. The molecule has 0 amide bonds. The predicted octanol–water partition coefficient (Wildman–Crippen LogP) is 1.35. The summed E-state index contributed by atoms with van der Waals surface area (Å²) in [6.45, 7) is 2.67. The summed E-state index contributed by atoms with van der Waals surface area (Å²) in [7, 11) is 2.03. The SMILES string of the molecule is CCC(O)C[n+]1ccc(CCc2cc[n+](C)cc2)cc1. The van der Waals surface area contributed by atoms with Gasteiger partial charge in [0.2, 0.25) is 0 Å². The first kappa shape index (κ1) is 14.7. The second kappa shape index (κ2) is 7.15. The van der Waals surface area contributed by atoms with E-state index in [0.717, 1.165) is 19.3 Å². The second-order valence-corrected chi connectivity index (χ2v) is 5.34. The smallest absolute Gasteiger partial charge is 0.174 e. The highest BCUT2D eigenvalue weighted by molar-refractivity contribution is 5.13. The van der Waals surface area contributed by atoms with Gasteiger partial charge in [0.25, 0.3) is 0 Å². The average molecular weight is 272 g/mol. The molecule has 0 fully saturated rings. The molecule has 2 rings (SSSR count). The number of pyridine rings is 2. The molecule has 0 saturated carbocycles. The summed E-state index contributed by atoms with van der Waals surface area (Å²) in [6.07, 6.45) is 10.9. The molecule has 1 N–H and O–H groups in total. The fourth-order valence-electron chi connectivity index (χ4n) is 2.14. The zero-order valence-corrected chi connectivity index (χ0v) is 12.4. The minimum Gasteiger partial charge on any atom is -0.387 e. The van der Waals surface area contributed by atoms with Crippen molar-refractivity contribution < 1.29 is 14.2 Å². The fraction of sp³-hybridized carbons (Fsp3) is 0.412. The van der Waals surface area contributed by atoms with Gasteiger partial charge >= 0.3 is 0 Å².